The second-order valence-corrected chi connectivity index (χ2v) is 4.55. The smallest absolute Gasteiger partial charge is 1.00 e. The van der Waals surface area contributed by atoms with E-state index in [2.05, 4.69) is 4.98 Å². The SMILES string of the molecule is Cc1cc(O)c(C(O)C(=O)CC(C)C)c(=O)[nH]1.[H-].[Na+]. The standard InChI is InChI=1S/C12H17NO4.Na.H/c1-6(2)4-9(15)11(16)10-8(14)5-7(3)13-12(10)17;;/h5-6,11,16H,4H2,1-3H3,(H2,13,14,17);;/q;+1;-1. The van der Waals surface area contributed by atoms with Crippen LogP contribution in [0, 0.1) is 12.8 Å². The minimum absolute atomic E-state index is 0. The third kappa shape index (κ3) is 4.24. The molecule has 0 bridgehead atoms. The van der Waals surface area contributed by atoms with Gasteiger partial charge in [-0.15, -0.1) is 0 Å². The quantitative estimate of drug-likeness (QED) is 0.556. The molecule has 3 N–H and O–H groups in total. The summed E-state index contributed by atoms with van der Waals surface area (Å²) in [4.78, 5) is 25.6. The minimum Gasteiger partial charge on any atom is -1.00 e. The normalized spacial score (nSPS) is 12.1. The van der Waals surface area contributed by atoms with Crippen LogP contribution in [0.15, 0.2) is 10.9 Å². The van der Waals surface area contributed by atoms with Gasteiger partial charge < -0.3 is 16.6 Å². The molecule has 0 aliphatic heterocycles. The number of carbonyl (C=O) groups is 1. The molecule has 1 rings (SSSR count). The fraction of sp³-hybridized carbons (Fsp3) is 0.500. The summed E-state index contributed by atoms with van der Waals surface area (Å²) in [6.45, 7) is 5.28. The number of ketones is 1. The largest absolute Gasteiger partial charge is 1.00 e. The summed E-state index contributed by atoms with van der Waals surface area (Å²) in [6.07, 6.45) is -1.41. The molecule has 6 heteroatoms. The molecule has 0 radical (unpaired) electrons. The van der Waals surface area contributed by atoms with Gasteiger partial charge in [0.1, 0.15) is 11.9 Å². The number of pyridine rings is 1. The van der Waals surface area contributed by atoms with E-state index in [1.807, 2.05) is 13.8 Å². The van der Waals surface area contributed by atoms with Crippen LogP contribution in [0.2, 0.25) is 0 Å². The molecular weight excluding hydrogens is 245 g/mol. The number of hydrogen-bond acceptors (Lipinski definition) is 4. The Labute approximate surface area is 129 Å². The number of nitrogens with one attached hydrogen (secondary N) is 1. The second-order valence-electron chi connectivity index (χ2n) is 4.55. The van der Waals surface area contributed by atoms with Crippen LogP contribution in [0.3, 0.4) is 0 Å². The maximum Gasteiger partial charge on any atom is 1.00 e. The van der Waals surface area contributed by atoms with Gasteiger partial charge in [0.15, 0.2) is 5.78 Å². The summed E-state index contributed by atoms with van der Waals surface area (Å²) in [6, 6.07) is 1.31. The van der Waals surface area contributed by atoms with E-state index in [9.17, 15) is 19.8 Å². The number of rotatable bonds is 4. The van der Waals surface area contributed by atoms with Crippen molar-refractivity contribution in [2.45, 2.75) is 33.3 Å². The average molecular weight is 263 g/mol. The molecule has 0 aliphatic carbocycles. The molecule has 1 atom stereocenters. The van der Waals surface area contributed by atoms with Crippen LogP contribution in [0.4, 0.5) is 0 Å². The zero-order valence-corrected chi connectivity index (χ0v) is 13.2. The van der Waals surface area contributed by atoms with Crippen LogP contribution < -0.4 is 35.1 Å². The van der Waals surface area contributed by atoms with Crippen LogP contribution in [-0.4, -0.2) is 21.0 Å². The fourth-order valence-corrected chi connectivity index (χ4v) is 1.62. The van der Waals surface area contributed by atoms with E-state index in [4.69, 9.17) is 0 Å². The van der Waals surface area contributed by atoms with Gasteiger partial charge in [0.25, 0.3) is 5.56 Å². The Morgan fingerprint density at radius 3 is 2.50 bits per heavy atom. The van der Waals surface area contributed by atoms with E-state index in [0.29, 0.717) is 5.69 Å². The van der Waals surface area contributed by atoms with Gasteiger partial charge in [0.05, 0.1) is 5.56 Å². The Bertz CT molecular complexity index is 487. The Kier molecular flexibility index (Phi) is 6.84. The number of aromatic hydroxyl groups is 1. The number of aliphatic hydroxyl groups is 1. The number of aryl methyl sites for hydroxylation is 1. The van der Waals surface area contributed by atoms with E-state index >= 15 is 0 Å². The predicted octanol–water partition coefficient (Wildman–Crippen LogP) is -1.85. The Balaban J connectivity index is 0. The summed E-state index contributed by atoms with van der Waals surface area (Å²) in [5.41, 5.74) is -0.437. The van der Waals surface area contributed by atoms with Crippen molar-refractivity contribution in [3.05, 3.63) is 27.7 Å². The maximum atomic E-state index is 11.6. The van der Waals surface area contributed by atoms with Crippen molar-refractivity contribution in [2.24, 2.45) is 5.92 Å². The van der Waals surface area contributed by atoms with Crippen molar-refractivity contribution < 1.29 is 46.0 Å². The number of hydrogen-bond donors (Lipinski definition) is 3. The van der Waals surface area contributed by atoms with Crippen molar-refractivity contribution in [3.8, 4) is 5.75 Å². The van der Waals surface area contributed by atoms with Crippen molar-refractivity contribution in [3.63, 3.8) is 0 Å². The van der Waals surface area contributed by atoms with Crippen molar-refractivity contribution >= 4 is 5.78 Å². The number of H-pyrrole nitrogens is 1. The third-order valence-corrected chi connectivity index (χ3v) is 2.37. The molecule has 96 valence electrons. The van der Waals surface area contributed by atoms with Crippen molar-refractivity contribution in [1.82, 2.24) is 4.98 Å². The monoisotopic (exact) mass is 263 g/mol. The van der Waals surface area contributed by atoms with Crippen molar-refractivity contribution in [2.75, 3.05) is 0 Å². The van der Waals surface area contributed by atoms with E-state index < -0.39 is 17.4 Å². The molecule has 0 fully saturated rings. The molecule has 0 spiro atoms. The first kappa shape index (κ1) is 17.4. The molecule has 18 heavy (non-hydrogen) atoms. The molecule has 1 aromatic heterocycles. The van der Waals surface area contributed by atoms with Gasteiger partial charge in [-0.2, -0.15) is 0 Å². The Hall–Kier alpha value is -0.620. The van der Waals surface area contributed by atoms with Gasteiger partial charge >= 0.3 is 29.6 Å². The second kappa shape index (κ2) is 7.09. The van der Waals surface area contributed by atoms with Crippen molar-refractivity contribution in [1.29, 1.82) is 0 Å². The first-order valence-corrected chi connectivity index (χ1v) is 5.46. The first-order chi connectivity index (χ1) is 7.82. The zero-order valence-electron chi connectivity index (χ0n) is 12.2. The zero-order chi connectivity index (χ0) is 13.2. The number of Topliss-reactive ketones (excluding diaryl/α,β-unsaturated/α-hetero) is 1. The first-order valence-electron chi connectivity index (χ1n) is 5.46. The summed E-state index contributed by atoms with van der Waals surface area (Å²) in [7, 11) is 0. The molecule has 5 nitrogen and oxygen atoms in total. The molecule has 1 heterocycles. The van der Waals surface area contributed by atoms with Crippen LogP contribution in [0.5, 0.6) is 5.75 Å². The molecule has 0 aliphatic rings. The molecule has 0 aromatic carbocycles. The van der Waals surface area contributed by atoms with E-state index in [1.54, 1.807) is 6.92 Å². The van der Waals surface area contributed by atoms with Gasteiger partial charge in [-0.1, -0.05) is 13.8 Å². The third-order valence-electron chi connectivity index (χ3n) is 2.37. The van der Waals surface area contributed by atoms with Crippen LogP contribution >= 0.6 is 0 Å². The molecule has 1 aromatic rings. The number of carbonyl (C=O) groups excluding carboxylic acids is 1. The van der Waals surface area contributed by atoms with Gasteiger partial charge in [0, 0.05) is 12.1 Å². The molecule has 0 saturated carbocycles. The Morgan fingerprint density at radius 2 is 2.06 bits per heavy atom. The molecule has 1 unspecified atom stereocenters. The average Bonchev–Trinajstić information content (AvgIpc) is 2.14. The number of aromatic amines is 1. The van der Waals surface area contributed by atoms with Crippen LogP contribution in [0.25, 0.3) is 0 Å². The number of aliphatic hydroxyl groups excluding tert-OH is 1. The maximum absolute atomic E-state index is 11.6. The van der Waals surface area contributed by atoms with E-state index in [-0.39, 0.29) is 54.6 Å². The Morgan fingerprint density at radius 1 is 1.50 bits per heavy atom. The summed E-state index contributed by atoms with van der Waals surface area (Å²) in [5, 5.41) is 19.4. The van der Waals surface area contributed by atoms with Gasteiger partial charge in [-0.25, -0.2) is 0 Å². The van der Waals surface area contributed by atoms with Crippen LogP contribution in [0.1, 0.15) is 39.1 Å². The topological polar surface area (TPSA) is 90.4 Å². The molecule has 0 amide bonds. The summed E-state index contributed by atoms with van der Waals surface area (Å²) >= 11 is 0. The van der Waals surface area contributed by atoms with Gasteiger partial charge in [-0.3, -0.25) is 9.59 Å². The van der Waals surface area contributed by atoms with Gasteiger partial charge in [0.2, 0.25) is 0 Å². The number of aromatic nitrogens is 1. The molecular formula is C12H18NNaO4. The van der Waals surface area contributed by atoms with E-state index in [0.717, 1.165) is 0 Å². The van der Waals surface area contributed by atoms with Gasteiger partial charge in [-0.05, 0) is 18.9 Å². The minimum atomic E-state index is -1.57. The summed E-state index contributed by atoms with van der Waals surface area (Å²) < 4.78 is 0. The predicted molar refractivity (Wildman–Crippen MR) is 64.0 cm³/mol. The molecule has 0 saturated heterocycles. The fourth-order valence-electron chi connectivity index (χ4n) is 1.62. The van der Waals surface area contributed by atoms with E-state index in [1.165, 1.54) is 6.07 Å². The summed E-state index contributed by atoms with van der Waals surface area (Å²) in [5.74, 6) is -0.732. The van der Waals surface area contributed by atoms with Crippen LogP contribution in [-0.2, 0) is 4.79 Å².